The number of imidazole rings is 1. The molecule has 58 heavy (non-hydrogen) atoms. The number of aromatic nitrogens is 5. The topological polar surface area (TPSA) is 48.5 Å². The highest BCUT2D eigenvalue weighted by Crippen LogP contribution is 2.40. The Balaban J connectivity index is 0.962. The molecule has 0 aliphatic carbocycles. The van der Waals surface area contributed by atoms with Gasteiger partial charge in [0.2, 0.25) is 0 Å². The smallest absolute Gasteiger partial charge is 0.145 e. The summed E-state index contributed by atoms with van der Waals surface area (Å²) in [5.41, 5.74) is 12.0. The second kappa shape index (κ2) is 12.8. The molecule has 0 saturated carbocycles. The van der Waals surface area contributed by atoms with Gasteiger partial charge in [-0.05, 0) is 110 Å². The summed E-state index contributed by atoms with van der Waals surface area (Å²) in [6.07, 6.45) is 5.23. The van der Waals surface area contributed by atoms with Gasteiger partial charge in [-0.3, -0.25) is 4.57 Å². The molecule has 5 heteroatoms. The van der Waals surface area contributed by atoms with Gasteiger partial charge in [0.15, 0.2) is 0 Å². The number of rotatable bonds is 5. The molecule has 0 aliphatic heterocycles. The minimum absolute atomic E-state index is 0.893. The molecule has 5 nitrogen and oxygen atoms in total. The highest BCUT2D eigenvalue weighted by atomic mass is 15.1. The number of hydrogen-bond donors (Lipinski definition) is 0. The molecule has 270 valence electrons. The average Bonchev–Trinajstić information content (AvgIpc) is 3.85. The summed E-state index contributed by atoms with van der Waals surface area (Å²) < 4.78 is 4.64. The highest BCUT2D eigenvalue weighted by Gasteiger charge is 2.17. The van der Waals surface area contributed by atoms with Crippen molar-refractivity contribution in [3.8, 4) is 45.0 Å². The summed E-state index contributed by atoms with van der Waals surface area (Å²) in [6, 6.07) is 65.9. The van der Waals surface area contributed by atoms with Crippen molar-refractivity contribution in [3.63, 3.8) is 0 Å². The van der Waals surface area contributed by atoms with E-state index in [1.165, 1.54) is 65.3 Å². The van der Waals surface area contributed by atoms with Gasteiger partial charge in [-0.25, -0.2) is 15.0 Å². The maximum Gasteiger partial charge on any atom is 0.145 e. The average molecular weight is 740 g/mol. The largest absolute Gasteiger partial charge is 0.309 e. The molecule has 0 N–H and O–H groups in total. The molecule has 0 bridgehead atoms. The van der Waals surface area contributed by atoms with Gasteiger partial charge in [-0.2, -0.15) is 0 Å². The summed E-state index contributed by atoms with van der Waals surface area (Å²) in [5, 5.41) is 10.2. The fraction of sp³-hybridized carbons (Fsp3) is 0. The molecule has 0 unspecified atom stereocenters. The van der Waals surface area contributed by atoms with Crippen LogP contribution in [0.5, 0.6) is 0 Å². The zero-order valence-corrected chi connectivity index (χ0v) is 31.3. The first-order chi connectivity index (χ1) is 28.8. The molecule has 12 aromatic rings. The number of benzene rings is 9. The molecule has 0 spiro atoms. The van der Waals surface area contributed by atoms with Crippen LogP contribution in [-0.2, 0) is 0 Å². The van der Waals surface area contributed by atoms with Gasteiger partial charge in [0.1, 0.15) is 12.2 Å². The van der Waals surface area contributed by atoms with Gasteiger partial charge in [0.05, 0.1) is 22.1 Å². The van der Waals surface area contributed by atoms with Crippen LogP contribution in [0.3, 0.4) is 0 Å². The molecule has 0 atom stereocenters. The summed E-state index contributed by atoms with van der Waals surface area (Å²) in [4.78, 5) is 13.5. The van der Waals surface area contributed by atoms with E-state index in [-0.39, 0.29) is 0 Å². The molecule has 3 aromatic heterocycles. The maximum atomic E-state index is 5.13. The van der Waals surface area contributed by atoms with Crippen molar-refractivity contribution in [1.82, 2.24) is 24.1 Å². The Morgan fingerprint density at radius 1 is 0.310 bits per heavy atom. The lowest BCUT2D eigenvalue weighted by Crippen LogP contribution is -1.99. The van der Waals surface area contributed by atoms with Crippen molar-refractivity contribution in [3.05, 3.63) is 201 Å². The van der Waals surface area contributed by atoms with Crippen molar-refractivity contribution < 1.29 is 0 Å². The van der Waals surface area contributed by atoms with E-state index in [1.54, 1.807) is 6.33 Å². The third kappa shape index (κ3) is 5.00. The van der Waals surface area contributed by atoms with E-state index in [2.05, 4.69) is 195 Å². The van der Waals surface area contributed by atoms with E-state index < -0.39 is 0 Å². The first kappa shape index (κ1) is 32.4. The predicted octanol–water partition coefficient (Wildman–Crippen LogP) is 13.4. The van der Waals surface area contributed by atoms with Gasteiger partial charge in [-0.15, -0.1) is 0 Å². The Bertz CT molecular complexity index is 3510. The molecule has 0 fully saturated rings. The normalized spacial score (nSPS) is 11.8. The van der Waals surface area contributed by atoms with Crippen molar-refractivity contribution in [2.45, 2.75) is 0 Å². The third-order valence-corrected chi connectivity index (χ3v) is 11.7. The number of hydrogen-bond acceptors (Lipinski definition) is 3. The van der Waals surface area contributed by atoms with Gasteiger partial charge in [0, 0.05) is 45.7 Å². The minimum Gasteiger partial charge on any atom is -0.309 e. The minimum atomic E-state index is 0.893. The Morgan fingerprint density at radius 3 is 1.48 bits per heavy atom. The van der Waals surface area contributed by atoms with Crippen molar-refractivity contribution in [1.29, 1.82) is 0 Å². The Hall–Kier alpha value is -7.89. The van der Waals surface area contributed by atoms with E-state index in [4.69, 9.17) is 4.98 Å². The van der Waals surface area contributed by atoms with Crippen LogP contribution in [0.15, 0.2) is 201 Å². The van der Waals surface area contributed by atoms with E-state index in [9.17, 15) is 0 Å². The Morgan fingerprint density at radius 2 is 0.793 bits per heavy atom. The maximum absolute atomic E-state index is 5.13. The summed E-state index contributed by atoms with van der Waals surface area (Å²) >= 11 is 0. The second-order valence-corrected chi connectivity index (χ2v) is 14.9. The van der Waals surface area contributed by atoms with E-state index in [1.807, 2.05) is 18.5 Å². The summed E-state index contributed by atoms with van der Waals surface area (Å²) in [7, 11) is 0. The van der Waals surface area contributed by atoms with Gasteiger partial charge < -0.3 is 4.57 Å². The fourth-order valence-corrected chi connectivity index (χ4v) is 9.01. The lowest BCUT2D eigenvalue weighted by atomic mass is 9.92. The van der Waals surface area contributed by atoms with Crippen LogP contribution in [0.2, 0.25) is 0 Å². The molecular formula is C53H33N5. The lowest BCUT2D eigenvalue weighted by Gasteiger charge is -2.13. The monoisotopic (exact) mass is 739 g/mol. The number of fused-ring (bicyclic) bond motifs is 10. The van der Waals surface area contributed by atoms with E-state index in [0.29, 0.717) is 0 Å². The zero-order chi connectivity index (χ0) is 38.2. The predicted molar refractivity (Wildman–Crippen MR) is 240 cm³/mol. The Kier molecular flexibility index (Phi) is 7.16. The molecule has 9 aromatic carbocycles. The van der Waals surface area contributed by atoms with E-state index >= 15 is 0 Å². The quantitative estimate of drug-likeness (QED) is 0.165. The molecule has 0 aliphatic rings. The van der Waals surface area contributed by atoms with E-state index in [0.717, 1.165) is 44.9 Å². The molecule has 0 saturated heterocycles. The first-order valence-corrected chi connectivity index (χ1v) is 19.6. The van der Waals surface area contributed by atoms with Crippen LogP contribution in [0.4, 0.5) is 0 Å². The second-order valence-electron chi connectivity index (χ2n) is 14.9. The zero-order valence-electron chi connectivity index (χ0n) is 31.3. The third-order valence-electron chi connectivity index (χ3n) is 11.7. The molecular weight excluding hydrogens is 707 g/mol. The van der Waals surface area contributed by atoms with Crippen molar-refractivity contribution in [2.75, 3.05) is 0 Å². The van der Waals surface area contributed by atoms with Crippen LogP contribution in [-0.4, -0.2) is 24.1 Å². The van der Waals surface area contributed by atoms with Gasteiger partial charge >= 0.3 is 0 Å². The van der Waals surface area contributed by atoms with Gasteiger partial charge in [-0.1, -0.05) is 121 Å². The first-order valence-electron chi connectivity index (χ1n) is 19.6. The number of para-hydroxylation sites is 3. The fourth-order valence-electron chi connectivity index (χ4n) is 9.01. The summed E-state index contributed by atoms with van der Waals surface area (Å²) in [5.74, 6) is 0.893. The standard InChI is InChI=1S/C53H33N5/c1-2-11-43-41(9-1)42-10-3-4-12-44(42)47-29-36(21-27-45(43)47)37-22-28-51-48(30-37)46-13-5-7-15-50(46)57(51)39-23-25-40(26-24-39)58-52-16-8-6-14-49(52)56-53(58)35-19-17-34(18-20-35)38-31-54-33-55-32-38/h1-33H. The van der Waals surface area contributed by atoms with Crippen LogP contribution < -0.4 is 0 Å². The lowest BCUT2D eigenvalue weighted by molar-refractivity contribution is 1.09. The van der Waals surface area contributed by atoms with Crippen LogP contribution >= 0.6 is 0 Å². The van der Waals surface area contributed by atoms with Crippen LogP contribution in [0, 0.1) is 0 Å². The molecule has 0 radical (unpaired) electrons. The highest BCUT2D eigenvalue weighted by molar-refractivity contribution is 6.25. The van der Waals surface area contributed by atoms with Gasteiger partial charge in [0.25, 0.3) is 0 Å². The number of nitrogens with zero attached hydrogens (tertiary/aromatic N) is 5. The molecule has 3 heterocycles. The van der Waals surface area contributed by atoms with Crippen molar-refractivity contribution in [2.24, 2.45) is 0 Å². The molecule has 0 amide bonds. The molecule has 12 rings (SSSR count). The SMILES string of the molecule is c1ccc2c(c1)nc(-c1ccc(-c3cncnc3)cc1)n2-c1ccc(-n2c3ccccc3c3cc(-c4ccc5c6ccccc6c6ccccc6c5c4)ccc32)cc1. The Labute approximate surface area is 333 Å². The van der Waals surface area contributed by atoms with Crippen LogP contribution in [0.1, 0.15) is 0 Å². The van der Waals surface area contributed by atoms with Crippen molar-refractivity contribution >= 4 is 65.2 Å². The van der Waals surface area contributed by atoms with Crippen LogP contribution in [0.25, 0.3) is 110 Å². The summed E-state index contributed by atoms with van der Waals surface area (Å²) in [6.45, 7) is 0.